The number of aliphatic carboxylic acids is 1. The second-order valence-electron chi connectivity index (χ2n) is 4.67. The number of hydrogen-bond acceptors (Lipinski definition) is 2. The lowest BCUT2D eigenvalue weighted by atomic mass is 9.72. The first-order chi connectivity index (χ1) is 8.06. The quantitative estimate of drug-likeness (QED) is 0.899. The van der Waals surface area contributed by atoms with E-state index in [1.165, 1.54) is 6.07 Å². The van der Waals surface area contributed by atoms with E-state index in [1.54, 1.807) is 18.2 Å². The van der Waals surface area contributed by atoms with Gasteiger partial charge in [0.15, 0.2) is 0 Å². The molecule has 0 spiro atoms. The van der Waals surface area contributed by atoms with Crippen molar-refractivity contribution in [2.24, 2.45) is 0 Å². The lowest BCUT2D eigenvalue weighted by molar-refractivity contribution is -0.146. The number of carboxylic acid groups (broad SMARTS) is 1. The molecule has 0 amide bonds. The Morgan fingerprint density at radius 1 is 1.33 bits per heavy atom. The van der Waals surface area contributed by atoms with Gasteiger partial charge in [-0.1, -0.05) is 18.2 Å². The number of nitrogens with zero attached hydrogens (tertiary/aromatic N) is 1. The fourth-order valence-corrected chi connectivity index (χ4v) is 2.45. The van der Waals surface area contributed by atoms with Gasteiger partial charge in [0.05, 0.1) is 5.41 Å². The van der Waals surface area contributed by atoms with Crippen molar-refractivity contribution in [3.63, 3.8) is 0 Å². The summed E-state index contributed by atoms with van der Waals surface area (Å²) in [6.07, 6.45) is 0.916. The normalized spacial score (nSPS) is 19.0. The molecule has 0 radical (unpaired) electrons. The summed E-state index contributed by atoms with van der Waals surface area (Å²) in [5.41, 5.74) is -0.738. The van der Waals surface area contributed by atoms with Crippen molar-refractivity contribution in [2.75, 3.05) is 20.1 Å². The van der Waals surface area contributed by atoms with Gasteiger partial charge in [-0.2, -0.15) is 0 Å². The van der Waals surface area contributed by atoms with Gasteiger partial charge in [-0.25, -0.2) is 4.39 Å². The lowest BCUT2D eigenvalue weighted by Gasteiger charge is -2.37. The van der Waals surface area contributed by atoms with E-state index in [4.69, 9.17) is 0 Å². The molecule has 1 heterocycles. The maximum Gasteiger partial charge on any atom is 0.314 e. The van der Waals surface area contributed by atoms with Gasteiger partial charge in [0.2, 0.25) is 0 Å². The molecule has 3 nitrogen and oxygen atoms in total. The third-order valence-electron chi connectivity index (χ3n) is 3.64. The highest BCUT2D eigenvalue weighted by Gasteiger charge is 2.44. The van der Waals surface area contributed by atoms with Crippen molar-refractivity contribution in [3.8, 4) is 0 Å². The van der Waals surface area contributed by atoms with Crippen LogP contribution in [0.1, 0.15) is 18.4 Å². The van der Waals surface area contributed by atoms with Gasteiger partial charge in [0, 0.05) is 5.56 Å². The molecule has 18 heavy (non-hydrogen) atoms. The first-order valence-electron chi connectivity index (χ1n) is 5.73. The Balaban J connectivity index is 0.00000162. The van der Waals surface area contributed by atoms with Crippen molar-refractivity contribution in [1.29, 1.82) is 0 Å². The van der Waals surface area contributed by atoms with Crippen molar-refractivity contribution in [2.45, 2.75) is 18.3 Å². The van der Waals surface area contributed by atoms with E-state index in [0.717, 1.165) is 0 Å². The Hall–Kier alpha value is -1.13. The summed E-state index contributed by atoms with van der Waals surface area (Å²) < 4.78 is 13.8. The van der Waals surface area contributed by atoms with Crippen LogP contribution in [0.5, 0.6) is 0 Å². The number of likely N-dealkylation sites (tertiary alicyclic amines) is 1. The topological polar surface area (TPSA) is 40.5 Å². The number of benzene rings is 1. The number of carbonyl (C=O) groups is 1. The number of carboxylic acids is 1. The van der Waals surface area contributed by atoms with Crippen LogP contribution in [-0.2, 0) is 10.2 Å². The van der Waals surface area contributed by atoms with Crippen LogP contribution >= 0.6 is 12.4 Å². The summed E-state index contributed by atoms with van der Waals surface area (Å²) >= 11 is 0. The minimum absolute atomic E-state index is 0. The molecule has 1 fully saturated rings. The largest absolute Gasteiger partial charge is 0.481 e. The van der Waals surface area contributed by atoms with Crippen LogP contribution in [0, 0.1) is 5.82 Å². The van der Waals surface area contributed by atoms with Crippen molar-refractivity contribution in [1.82, 2.24) is 4.90 Å². The summed E-state index contributed by atoms with van der Waals surface area (Å²) in [5.74, 6) is -1.34. The first kappa shape index (κ1) is 14.9. The zero-order valence-corrected chi connectivity index (χ0v) is 11.0. The molecule has 1 aliphatic heterocycles. The summed E-state index contributed by atoms with van der Waals surface area (Å²) in [5, 5.41) is 9.47. The standard InChI is InChI=1S/C13H16FNO2.ClH/c1-15-8-6-13(7-9-15,12(16)17)10-4-2-3-5-11(10)14;/h2-5H,6-9H2,1H3,(H,16,17);1H. The van der Waals surface area contributed by atoms with Crippen molar-refractivity contribution >= 4 is 18.4 Å². The minimum atomic E-state index is -1.06. The summed E-state index contributed by atoms with van der Waals surface area (Å²) in [6, 6.07) is 6.21. The minimum Gasteiger partial charge on any atom is -0.481 e. The van der Waals surface area contributed by atoms with E-state index < -0.39 is 17.2 Å². The van der Waals surface area contributed by atoms with Gasteiger partial charge >= 0.3 is 5.97 Å². The van der Waals surface area contributed by atoms with Gasteiger partial charge in [0.25, 0.3) is 0 Å². The molecule has 2 rings (SSSR count). The molecular formula is C13H17ClFNO2. The Morgan fingerprint density at radius 3 is 2.39 bits per heavy atom. The lowest BCUT2D eigenvalue weighted by Crippen LogP contribution is -2.46. The molecule has 0 saturated carbocycles. The van der Waals surface area contributed by atoms with Gasteiger partial charge in [-0.15, -0.1) is 12.4 Å². The van der Waals surface area contributed by atoms with E-state index in [-0.39, 0.29) is 12.4 Å². The SMILES string of the molecule is CN1CCC(C(=O)O)(c2ccccc2F)CC1.Cl. The highest BCUT2D eigenvalue weighted by Crippen LogP contribution is 2.36. The van der Waals surface area contributed by atoms with E-state index in [1.807, 2.05) is 7.05 Å². The number of hydrogen-bond donors (Lipinski definition) is 1. The second kappa shape index (κ2) is 5.67. The van der Waals surface area contributed by atoms with E-state index in [2.05, 4.69) is 4.90 Å². The van der Waals surface area contributed by atoms with Gasteiger partial charge in [0.1, 0.15) is 5.82 Å². The van der Waals surface area contributed by atoms with Gasteiger partial charge in [-0.05, 0) is 39.0 Å². The summed E-state index contributed by atoms with van der Waals surface area (Å²) in [6.45, 7) is 1.36. The van der Waals surface area contributed by atoms with Gasteiger partial charge in [-0.3, -0.25) is 4.79 Å². The van der Waals surface area contributed by atoms with Crippen LogP contribution < -0.4 is 0 Å². The smallest absolute Gasteiger partial charge is 0.314 e. The highest BCUT2D eigenvalue weighted by atomic mass is 35.5. The Morgan fingerprint density at radius 2 is 1.89 bits per heavy atom. The van der Waals surface area contributed by atoms with Crippen molar-refractivity contribution < 1.29 is 14.3 Å². The molecule has 0 atom stereocenters. The van der Waals surface area contributed by atoms with Crippen LogP contribution in [0.4, 0.5) is 4.39 Å². The van der Waals surface area contributed by atoms with Crippen LogP contribution in [0.2, 0.25) is 0 Å². The molecule has 1 saturated heterocycles. The Kier molecular flexibility index (Phi) is 4.71. The molecule has 1 aliphatic rings. The molecule has 0 bridgehead atoms. The third kappa shape index (κ3) is 2.49. The maximum absolute atomic E-state index is 13.8. The zero-order chi connectivity index (χ0) is 12.5. The van der Waals surface area contributed by atoms with Crippen LogP contribution in [0.25, 0.3) is 0 Å². The number of piperidine rings is 1. The Labute approximate surface area is 112 Å². The molecule has 1 N–H and O–H groups in total. The maximum atomic E-state index is 13.8. The van der Waals surface area contributed by atoms with E-state index in [9.17, 15) is 14.3 Å². The van der Waals surface area contributed by atoms with Crippen LogP contribution in [-0.4, -0.2) is 36.1 Å². The average Bonchev–Trinajstić information content (AvgIpc) is 2.31. The molecule has 100 valence electrons. The average molecular weight is 274 g/mol. The van der Waals surface area contributed by atoms with Crippen LogP contribution in [0.3, 0.4) is 0 Å². The molecule has 1 aromatic carbocycles. The first-order valence-corrected chi connectivity index (χ1v) is 5.73. The van der Waals surface area contributed by atoms with E-state index >= 15 is 0 Å². The molecular weight excluding hydrogens is 257 g/mol. The fraction of sp³-hybridized carbons (Fsp3) is 0.462. The molecule has 5 heteroatoms. The molecule has 1 aromatic rings. The molecule has 0 unspecified atom stereocenters. The second-order valence-corrected chi connectivity index (χ2v) is 4.67. The monoisotopic (exact) mass is 273 g/mol. The zero-order valence-electron chi connectivity index (χ0n) is 10.2. The molecule has 0 aliphatic carbocycles. The number of rotatable bonds is 2. The molecule has 0 aromatic heterocycles. The highest BCUT2D eigenvalue weighted by molar-refractivity contribution is 5.85. The Bertz CT molecular complexity index is 431. The van der Waals surface area contributed by atoms with Gasteiger partial charge < -0.3 is 10.0 Å². The third-order valence-corrected chi connectivity index (χ3v) is 3.64. The summed E-state index contributed by atoms with van der Waals surface area (Å²) in [4.78, 5) is 13.6. The predicted molar refractivity (Wildman–Crippen MR) is 69.7 cm³/mol. The van der Waals surface area contributed by atoms with Crippen molar-refractivity contribution in [3.05, 3.63) is 35.6 Å². The fourth-order valence-electron chi connectivity index (χ4n) is 2.45. The van der Waals surface area contributed by atoms with E-state index in [0.29, 0.717) is 31.5 Å². The predicted octanol–water partition coefficient (Wildman–Crippen LogP) is 2.30. The van der Waals surface area contributed by atoms with Crippen LogP contribution in [0.15, 0.2) is 24.3 Å². The number of halogens is 2. The summed E-state index contributed by atoms with van der Waals surface area (Å²) in [7, 11) is 1.95.